The molecule has 4 aromatic rings. The Morgan fingerprint density at radius 3 is 1.55 bits per heavy atom. The average Bonchev–Trinajstić information content (AvgIpc) is 3.16. The van der Waals surface area contributed by atoms with Gasteiger partial charge in [0.2, 0.25) is 0 Å². The highest BCUT2D eigenvalue weighted by Crippen LogP contribution is 2.49. The number of carbonyl (C=O) groups is 1. The van der Waals surface area contributed by atoms with Gasteiger partial charge in [0.25, 0.3) is 0 Å². The van der Waals surface area contributed by atoms with E-state index in [0.717, 1.165) is 11.1 Å². The minimum Gasteiger partial charge on any atom is -0.497 e. The maximum Gasteiger partial charge on any atom is 0.314 e. The number of ether oxygens (including phenoxy) is 3. The van der Waals surface area contributed by atoms with Gasteiger partial charge in [-0.2, -0.15) is 0 Å². The van der Waals surface area contributed by atoms with Crippen LogP contribution in [0.25, 0.3) is 0 Å². The first-order valence-corrected chi connectivity index (χ1v) is 20.7. The van der Waals surface area contributed by atoms with E-state index in [9.17, 15) is 16.8 Å². The van der Waals surface area contributed by atoms with Gasteiger partial charge >= 0.3 is 5.97 Å². The molecule has 0 radical (unpaired) electrons. The highest BCUT2D eigenvalue weighted by atomic mass is 32.2. The molecule has 4 unspecified atom stereocenters. The Kier molecular flexibility index (Phi) is 10.9. The first kappa shape index (κ1) is 36.6. The number of carbonyl (C=O) groups excluding carboxylic acids is 1. The Hall–Kier alpha value is -4.15. The third kappa shape index (κ3) is 7.44. The lowest BCUT2D eigenvalue weighted by atomic mass is 9.69. The van der Waals surface area contributed by atoms with Crippen LogP contribution < -0.4 is 9.47 Å². The molecule has 0 spiro atoms. The van der Waals surface area contributed by atoms with Crippen LogP contribution in [0.3, 0.4) is 0 Å². The summed E-state index contributed by atoms with van der Waals surface area (Å²) < 4.78 is 76.0. The molecule has 6 rings (SSSR count). The quantitative estimate of drug-likeness (QED) is 0.137. The zero-order valence-corrected chi connectivity index (χ0v) is 30.8. The molecule has 0 aliphatic heterocycles. The third-order valence-corrected chi connectivity index (χ3v) is 15.5. The van der Waals surface area contributed by atoms with E-state index >= 15 is 4.79 Å². The summed E-state index contributed by atoms with van der Waals surface area (Å²) >= 11 is 0. The predicted molar refractivity (Wildman–Crippen MR) is 196 cm³/mol. The van der Waals surface area contributed by atoms with Crippen LogP contribution >= 0.6 is 0 Å². The Bertz CT molecular complexity index is 2000. The molecule has 4 aromatic carbocycles. The van der Waals surface area contributed by atoms with Crippen molar-refractivity contribution < 1.29 is 35.8 Å². The van der Waals surface area contributed by atoms with Crippen molar-refractivity contribution in [3.05, 3.63) is 120 Å². The van der Waals surface area contributed by atoms with Gasteiger partial charge in [-0.1, -0.05) is 79.9 Å². The Labute approximate surface area is 302 Å². The van der Waals surface area contributed by atoms with Crippen molar-refractivity contribution in [2.45, 2.75) is 90.1 Å². The minimum atomic E-state index is -4.06. The van der Waals surface area contributed by atoms with E-state index in [-0.39, 0.29) is 35.5 Å². The van der Waals surface area contributed by atoms with Gasteiger partial charge in [0.05, 0.1) is 34.7 Å². The van der Waals surface area contributed by atoms with Gasteiger partial charge < -0.3 is 14.2 Å². The Morgan fingerprint density at radius 2 is 1.04 bits per heavy atom. The van der Waals surface area contributed by atoms with E-state index in [4.69, 9.17) is 14.2 Å². The number of esters is 1. The maximum atomic E-state index is 15.4. The van der Waals surface area contributed by atoms with Crippen molar-refractivity contribution in [1.29, 1.82) is 0 Å². The lowest BCUT2D eigenvalue weighted by molar-refractivity contribution is -0.177. The minimum absolute atomic E-state index is 0.108. The van der Waals surface area contributed by atoms with Crippen molar-refractivity contribution >= 4 is 25.6 Å². The summed E-state index contributed by atoms with van der Waals surface area (Å²) in [6, 6.07) is 31.5. The van der Waals surface area contributed by atoms with Crippen LogP contribution in [-0.2, 0) is 42.0 Å². The Morgan fingerprint density at radius 1 is 0.588 bits per heavy atom. The lowest BCUT2D eigenvalue weighted by Gasteiger charge is -2.48. The van der Waals surface area contributed by atoms with Gasteiger partial charge in [-0.3, -0.25) is 4.79 Å². The SMILES string of the molecule is COc1ccc(S(=O)(=O)C2CCCCC2(Cc2ccccc2)OC(=O)C2(Cc3ccccc3)CCCCC2S(=O)(=O)c2ccc(OC)cc2)cc1. The van der Waals surface area contributed by atoms with E-state index in [1.54, 1.807) is 24.3 Å². The topological polar surface area (TPSA) is 113 Å². The van der Waals surface area contributed by atoms with Gasteiger partial charge in [0.1, 0.15) is 22.4 Å². The molecule has 10 heteroatoms. The van der Waals surface area contributed by atoms with Crippen molar-refractivity contribution in [3.8, 4) is 11.5 Å². The first-order chi connectivity index (χ1) is 24.5. The second kappa shape index (κ2) is 15.2. The van der Waals surface area contributed by atoms with Gasteiger partial charge in [-0.05, 0) is 98.2 Å². The monoisotopic (exact) mass is 730 g/mol. The molecule has 4 atom stereocenters. The van der Waals surface area contributed by atoms with E-state index < -0.39 is 47.2 Å². The third-order valence-electron chi connectivity index (χ3n) is 10.8. The molecule has 2 aliphatic rings. The molecule has 0 N–H and O–H groups in total. The summed E-state index contributed by atoms with van der Waals surface area (Å²) in [5.41, 5.74) is -1.25. The lowest BCUT2D eigenvalue weighted by Crippen LogP contribution is -2.58. The molecule has 0 saturated heterocycles. The summed E-state index contributed by atoms with van der Waals surface area (Å²) in [5, 5.41) is -2.14. The molecule has 2 fully saturated rings. The van der Waals surface area contributed by atoms with Crippen LogP contribution in [0, 0.1) is 5.41 Å². The number of methoxy groups -OCH3 is 2. The van der Waals surface area contributed by atoms with Crippen molar-refractivity contribution in [2.24, 2.45) is 5.41 Å². The van der Waals surface area contributed by atoms with E-state index in [1.165, 1.54) is 38.5 Å². The number of hydrogen-bond donors (Lipinski definition) is 0. The van der Waals surface area contributed by atoms with Gasteiger partial charge in [-0.15, -0.1) is 0 Å². The van der Waals surface area contributed by atoms with Crippen LogP contribution in [0.5, 0.6) is 11.5 Å². The van der Waals surface area contributed by atoms with Crippen molar-refractivity contribution in [3.63, 3.8) is 0 Å². The summed E-state index contributed by atoms with van der Waals surface area (Å²) in [7, 11) is -5.04. The molecule has 8 nitrogen and oxygen atoms in total. The fourth-order valence-electron chi connectivity index (χ4n) is 8.19. The van der Waals surface area contributed by atoms with Gasteiger partial charge in [-0.25, -0.2) is 16.8 Å². The predicted octanol–water partition coefficient (Wildman–Crippen LogP) is 7.59. The first-order valence-electron chi connectivity index (χ1n) is 17.6. The van der Waals surface area contributed by atoms with E-state index in [2.05, 4.69) is 0 Å². The molecule has 270 valence electrons. The Balaban J connectivity index is 1.48. The molecular weight excluding hydrogens is 685 g/mol. The standard InChI is InChI=1S/C41H46O8S2/c1-47-33-19-23-35(24-20-33)50(43,44)37-17-9-11-27-40(37,29-31-13-5-3-6-14-31)39(42)49-41(30-32-15-7-4-8-16-32)28-12-10-18-38(41)51(45,46)36-25-21-34(48-2)22-26-36/h3-8,13-16,19-26,37-38H,9-12,17-18,27-30H2,1-2H3. The number of rotatable bonds is 12. The van der Waals surface area contributed by atoms with Crippen LogP contribution in [-0.4, -0.2) is 53.1 Å². The molecule has 0 heterocycles. The fourth-order valence-corrected chi connectivity index (χ4v) is 12.5. The highest BCUT2D eigenvalue weighted by molar-refractivity contribution is 7.92. The average molecular weight is 731 g/mol. The summed E-state index contributed by atoms with van der Waals surface area (Å²) in [4.78, 5) is 15.6. The zero-order valence-electron chi connectivity index (χ0n) is 29.2. The fraction of sp³-hybridized carbons (Fsp3) is 0.390. The molecule has 0 amide bonds. The highest BCUT2D eigenvalue weighted by Gasteiger charge is 2.58. The van der Waals surface area contributed by atoms with E-state index in [1.807, 2.05) is 60.7 Å². The second-order valence-electron chi connectivity index (χ2n) is 13.8. The second-order valence-corrected chi connectivity index (χ2v) is 18.1. The zero-order chi connectivity index (χ0) is 36.1. The summed E-state index contributed by atoms with van der Waals surface area (Å²) in [6.07, 6.45) is 4.09. The molecule has 0 bridgehead atoms. The van der Waals surface area contributed by atoms with Crippen molar-refractivity contribution in [1.82, 2.24) is 0 Å². The van der Waals surface area contributed by atoms with E-state index in [0.29, 0.717) is 50.0 Å². The normalized spacial score (nSPS) is 24.0. The summed E-state index contributed by atoms with van der Waals surface area (Å²) in [6.45, 7) is 0. The molecule has 0 aromatic heterocycles. The van der Waals surface area contributed by atoms with Crippen molar-refractivity contribution in [2.75, 3.05) is 14.2 Å². The summed E-state index contributed by atoms with van der Waals surface area (Å²) in [5.74, 6) is 0.404. The molecule has 51 heavy (non-hydrogen) atoms. The number of sulfone groups is 2. The largest absolute Gasteiger partial charge is 0.497 e. The van der Waals surface area contributed by atoms with Gasteiger partial charge in [0.15, 0.2) is 19.7 Å². The van der Waals surface area contributed by atoms with Crippen LogP contribution in [0.15, 0.2) is 119 Å². The van der Waals surface area contributed by atoms with Crippen LogP contribution in [0.2, 0.25) is 0 Å². The number of benzene rings is 4. The maximum absolute atomic E-state index is 15.4. The van der Waals surface area contributed by atoms with Gasteiger partial charge in [0, 0.05) is 6.42 Å². The number of hydrogen-bond acceptors (Lipinski definition) is 8. The van der Waals surface area contributed by atoms with Crippen LogP contribution in [0.4, 0.5) is 0 Å². The molecule has 2 saturated carbocycles. The molecule has 2 aliphatic carbocycles. The smallest absolute Gasteiger partial charge is 0.314 e. The molecular formula is C41H46O8S2. The van der Waals surface area contributed by atoms with Crippen LogP contribution in [0.1, 0.15) is 62.5 Å².